The maximum atomic E-state index is 13.0. The Labute approximate surface area is 184 Å². The van der Waals surface area contributed by atoms with E-state index in [1.54, 1.807) is 18.1 Å². The average Bonchev–Trinajstić information content (AvgIpc) is 2.83. The lowest BCUT2D eigenvalue weighted by Crippen LogP contribution is -2.34. The zero-order valence-corrected chi connectivity index (χ0v) is 18.2. The van der Waals surface area contributed by atoms with Gasteiger partial charge in [0.15, 0.2) is 6.61 Å². The first-order valence-corrected chi connectivity index (χ1v) is 10.7. The van der Waals surface area contributed by atoms with E-state index in [-0.39, 0.29) is 12.5 Å². The number of likely N-dealkylation sites (N-methyl/N-ethyl adjacent to an activating group) is 1. The number of carbonyl (C=O) groups is 2. The summed E-state index contributed by atoms with van der Waals surface area (Å²) in [6.45, 7) is 2.21. The molecular formula is C26H29NO4. The summed E-state index contributed by atoms with van der Waals surface area (Å²) in [5.74, 6) is -0.0889. The van der Waals surface area contributed by atoms with Crippen molar-refractivity contribution in [2.75, 3.05) is 20.3 Å². The van der Waals surface area contributed by atoms with Crippen LogP contribution in [0.4, 0.5) is 0 Å². The lowest BCUT2D eigenvalue weighted by molar-refractivity contribution is -0.146. The van der Waals surface area contributed by atoms with Crippen LogP contribution >= 0.6 is 0 Å². The van der Waals surface area contributed by atoms with Gasteiger partial charge in [0.05, 0.1) is 12.7 Å². The van der Waals surface area contributed by atoms with E-state index in [9.17, 15) is 9.59 Å². The number of esters is 1. The van der Waals surface area contributed by atoms with Crippen LogP contribution in [0.15, 0.2) is 66.4 Å². The van der Waals surface area contributed by atoms with Crippen molar-refractivity contribution in [2.24, 2.45) is 0 Å². The molecule has 1 amide bonds. The third-order valence-electron chi connectivity index (χ3n) is 5.30. The Kier molecular flexibility index (Phi) is 8.05. The molecule has 0 saturated heterocycles. The summed E-state index contributed by atoms with van der Waals surface area (Å²) >= 11 is 0. The molecule has 162 valence electrons. The Morgan fingerprint density at radius 3 is 2.45 bits per heavy atom. The van der Waals surface area contributed by atoms with Crippen LogP contribution in [0.3, 0.4) is 0 Å². The molecule has 1 aliphatic carbocycles. The molecule has 3 rings (SSSR count). The molecule has 0 N–H and O–H groups in total. The van der Waals surface area contributed by atoms with Gasteiger partial charge in [-0.1, -0.05) is 54.6 Å². The molecule has 0 radical (unpaired) electrons. The molecule has 0 saturated carbocycles. The van der Waals surface area contributed by atoms with Gasteiger partial charge in [-0.2, -0.15) is 0 Å². The topological polar surface area (TPSA) is 55.8 Å². The maximum Gasteiger partial charge on any atom is 0.339 e. The molecule has 0 fully saturated rings. The molecule has 0 heterocycles. The number of allylic oxidation sites excluding steroid dienone is 2. The van der Waals surface area contributed by atoms with Gasteiger partial charge in [0.2, 0.25) is 0 Å². The first-order chi connectivity index (χ1) is 15.1. The van der Waals surface area contributed by atoms with Crippen molar-refractivity contribution in [3.05, 3.63) is 77.5 Å². The third-order valence-corrected chi connectivity index (χ3v) is 5.30. The number of amides is 1. The monoisotopic (exact) mass is 419 g/mol. The smallest absolute Gasteiger partial charge is 0.339 e. The molecule has 0 aliphatic heterocycles. The number of ether oxygens (including phenoxy) is 2. The van der Waals surface area contributed by atoms with E-state index in [2.05, 4.69) is 6.08 Å². The highest BCUT2D eigenvalue weighted by molar-refractivity contribution is 6.22. The molecule has 0 unspecified atom stereocenters. The minimum absolute atomic E-state index is 0.200. The molecule has 2 aromatic carbocycles. The Balaban J connectivity index is 1.80. The van der Waals surface area contributed by atoms with E-state index in [1.807, 2.05) is 61.5 Å². The van der Waals surface area contributed by atoms with Crippen molar-refractivity contribution in [1.82, 2.24) is 4.90 Å². The fourth-order valence-electron chi connectivity index (χ4n) is 3.71. The van der Waals surface area contributed by atoms with Crippen LogP contribution in [-0.2, 0) is 14.3 Å². The van der Waals surface area contributed by atoms with Crippen molar-refractivity contribution in [1.29, 1.82) is 0 Å². The van der Waals surface area contributed by atoms with Gasteiger partial charge in [0.1, 0.15) is 5.75 Å². The van der Waals surface area contributed by atoms with Gasteiger partial charge >= 0.3 is 5.97 Å². The molecule has 5 nitrogen and oxygen atoms in total. The predicted octanol–water partition coefficient (Wildman–Crippen LogP) is 5.09. The minimum Gasteiger partial charge on any atom is -0.496 e. The molecule has 1 aliphatic rings. The lowest BCUT2D eigenvalue weighted by Gasteiger charge is -2.26. The summed E-state index contributed by atoms with van der Waals surface area (Å²) in [5, 5.41) is 0. The van der Waals surface area contributed by atoms with Crippen LogP contribution in [0.1, 0.15) is 43.7 Å². The van der Waals surface area contributed by atoms with Gasteiger partial charge in [-0.05, 0) is 50.3 Å². The number of hydrogen-bond donors (Lipinski definition) is 0. The summed E-state index contributed by atoms with van der Waals surface area (Å²) in [5.41, 5.74) is 2.88. The number of carbonyl (C=O) groups excluding carboxylic acids is 2. The highest BCUT2D eigenvalue weighted by atomic mass is 16.5. The van der Waals surface area contributed by atoms with Crippen molar-refractivity contribution in [3.63, 3.8) is 0 Å². The maximum absolute atomic E-state index is 13.0. The first kappa shape index (κ1) is 22.3. The number of rotatable bonds is 8. The Morgan fingerprint density at radius 2 is 1.77 bits per heavy atom. The quantitative estimate of drug-likeness (QED) is 0.340. The predicted molar refractivity (Wildman–Crippen MR) is 122 cm³/mol. The van der Waals surface area contributed by atoms with Crippen LogP contribution in [0, 0.1) is 0 Å². The van der Waals surface area contributed by atoms with Gasteiger partial charge < -0.3 is 14.4 Å². The van der Waals surface area contributed by atoms with Crippen LogP contribution in [-0.4, -0.2) is 37.0 Å². The number of para-hydroxylation sites is 1. The fourth-order valence-corrected chi connectivity index (χ4v) is 3.71. The van der Waals surface area contributed by atoms with E-state index >= 15 is 0 Å². The molecule has 5 heteroatoms. The average molecular weight is 420 g/mol. The zero-order chi connectivity index (χ0) is 22.1. The Bertz CT molecular complexity index is 962. The zero-order valence-electron chi connectivity index (χ0n) is 18.2. The normalized spacial score (nSPS) is 13.9. The molecule has 0 bridgehead atoms. The number of hydrogen-bond acceptors (Lipinski definition) is 4. The summed E-state index contributed by atoms with van der Waals surface area (Å²) in [7, 11) is 1.59. The summed E-state index contributed by atoms with van der Waals surface area (Å²) in [6, 6.07) is 16.7. The summed E-state index contributed by atoms with van der Waals surface area (Å²) < 4.78 is 10.9. The molecule has 0 spiro atoms. The van der Waals surface area contributed by atoms with Gasteiger partial charge in [-0.25, -0.2) is 4.79 Å². The van der Waals surface area contributed by atoms with Gasteiger partial charge in [0.25, 0.3) is 5.91 Å². The second kappa shape index (κ2) is 11.2. The SMILES string of the molecule is CCN(C(=O)COC(=O)/C(=C/c1ccccc1OC)c1ccccc1)C1=CCCCC1. The number of benzene rings is 2. The van der Waals surface area contributed by atoms with Crippen LogP contribution < -0.4 is 4.74 Å². The Morgan fingerprint density at radius 1 is 1.03 bits per heavy atom. The van der Waals surface area contributed by atoms with Gasteiger partial charge in [-0.3, -0.25) is 4.79 Å². The van der Waals surface area contributed by atoms with Crippen LogP contribution in [0.2, 0.25) is 0 Å². The minimum atomic E-state index is -0.542. The van der Waals surface area contributed by atoms with Crippen LogP contribution in [0.5, 0.6) is 5.75 Å². The summed E-state index contributed by atoms with van der Waals surface area (Å²) in [4.78, 5) is 27.5. The van der Waals surface area contributed by atoms with E-state index in [0.29, 0.717) is 23.4 Å². The van der Waals surface area contributed by atoms with Gasteiger partial charge in [0, 0.05) is 17.8 Å². The highest BCUT2D eigenvalue weighted by Gasteiger charge is 2.21. The number of nitrogens with zero attached hydrogens (tertiary/aromatic N) is 1. The van der Waals surface area contributed by atoms with Crippen molar-refractivity contribution in [2.45, 2.75) is 32.6 Å². The molecular weight excluding hydrogens is 390 g/mol. The fraction of sp³-hybridized carbons (Fsp3) is 0.308. The molecule has 31 heavy (non-hydrogen) atoms. The van der Waals surface area contributed by atoms with Crippen molar-refractivity contribution in [3.8, 4) is 5.75 Å². The molecule has 0 atom stereocenters. The summed E-state index contributed by atoms with van der Waals surface area (Å²) in [6.07, 6.45) is 7.95. The lowest BCUT2D eigenvalue weighted by atomic mass is 10.0. The first-order valence-electron chi connectivity index (χ1n) is 10.7. The third kappa shape index (κ3) is 5.85. The van der Waals surface area contributed by atoms with Crippen LogP contribution in [0.25, 0.3) is 11.6 Å². The molecule has 0 aromatic heterocycles. The van der Waals surface area contributed by atoms with Crippen molar-refractivity contribution >= 4 is 23.5 Å². The van der Waals surface area contributed by atoms with E-state index in [0.717, 1.165) is 36.9 Å². The van der Waals surface area contributed by atoms with E-state index in [1.165, 1.54) is 0 Å². The second-order valence-corrected chi connectivity index (χ2v) is 7.32. The second-order valence-electron chi connectivity index (χ2n) is 7.32. The van der Waals surface area contributed by atoms with E-state index in [4.69, 9.17) is 9.47 Å². The Hall–Kier alpha value is -3.34. The standard InChI is InChI=1S/C26H29NO4/c1-3-27(22-15-8-5-9-16-22)25(28)19-31-26(29)23(20-12-6-4-7-13-20)18-21-14-10-11-17-24(21)30-2/h4,6-7,10-15,17-18H,3,5,8-9,16,19H2,1-2H3/b23-18+. The van der Waals surface area contributed by atoms with E-state index < -0.39 is 5.97 Å². The largest absolute Gasteiger partial charge is 0.496 e. The molecule has 2 aromatic rings. The van der Waals surface area contributed by atoms with Gasteiger partial charge in [-0.15, -0.1) is 0 Å². The number of methoxy groups -OCH3 is 1. The highest BCUT2D eigenvalue weighted by Crippen LogP contribution is 2.26. The van der Waals surface area contributed by atoms with Crippen molar-refractivity contribution < 1.29 is 19.1 Å².